The number of benzene rings is 1. The highest BCUT2D eigenvalue weighted by molar-refractivity contribution is 7.15. The van der Waals surface area contributed by atoms with Crippen molar-refractivity contribution in [1.29, 1.82) is 0 Å². The van der Waals surface area contributed by atoms with Gasteiger partial charge in [-0.2, -0.15) is 5.10 Å². The lowest BCUT2D eigenvalue weighted by Gasteiger charge is -2.20. The fraction of sp³-hybridized carbons (Fsp3) is 0.200. The van der Waals surface area contributed by atoms with E-state index in [1.54, 1.807) is 24.8 Å². The summed E-state index contributed by atoms with van der Waals surface area (Å²) in [6.45, 7) is 0.934. The molecule has 5 heterocycles. The van der Waals surface area contributed by atoms with Crippen molar-refractivity contribution in [1.82, 2.24) is 39.9 Å². The van der Waals surface area contributed by atoms with Gasteiger partial charge in [0.25, 0.3) is 0 Å². The molecule has 4 aromatic heterocycles. The van der Waals surface area contributed by atoms with E-state index in [-0.39, 0.29) is 5.92 Å². The molecule has 1 aromatic carbocycles. The van der Waals surface area contributed by atoms with Crippen molar-refractivity contribution < 1.29 is 0 Å². The third-order valence-electron chi connectivity index (χ3n) is 5.38. The molecule has 0 saturated carbocycles. The third kappa shape index (κ3) is 3.24. The van der Waals surface area contributed by atoms with Gasteiger partial charge in [0.2, 0.25) is 5.13 Å². The van der Waals surface area contributed by atoms with Gasteiger partial charge in [0.15, 0.2) is 0 Å². The molecular formula is C20H16ClN9S. The van der Waals surface area contributed by atoms with Gasteiger partial charge in [0.05, 0.1) is 34.5 Å². The first-order valence-electron chi connectivity index (χ1n) is 9.82. The molecule has 6 rings (SSSR count). The molecule has 1 atom stereocenters. The second-order valence-electron chi connectivity index (χ2n) is 7.29. The summed E-state index contributed by atoms with van der Waals surface area (Å²) in [6, 6.07) is 3.84. The van der Waals surface area contributed by atoms with Crippen LogP contribution in [-0.2, 0) is 6.54 Å². The predicted octanol–water partition coefficient (Wildman–Crippen LogP) is 4.39. The molecule has 1 aliphatic heterocycles. The van der Waals surface area contributed by atoms with Gasteiger partial charge in [-0.15, -0.1) is 10.2 Å². The molecule has 5 aromatic rings. The fourth-order valence-corrected chi connectivity index (χ4v) is 5.04. The number of nitrogens with one attached hydrogen (secondary N) is 2. The van der Waals surface area contributed by atoms with Gasteiger partial charge in [0.1, 0.15) is 22.2 Å². The summed E-state index contributed by atoms with van der Waals surface area (Å²) in [7, 11) is 0. The van der Waals surface area contributed by atoms with Gasteiger partial charge in [-0.25, -0.2) is 4.98 Å². The SMILES string of the molecule is Clc1c(Nc2nnc(C3CCCn4cc(-c5cnccn5)nc43)s2)ccc2[nH]ncc12. The van der Waals surface area contributed by atoms with E-state index in [4.69, 9.17) is 16.6 Å². The normalized spacial score (nSPS) is 15.8. The molecule has 1 aliphatic rings. The lowest BCUT2D eigenvalue weighted by molar-refractivity contribution is 0.477. The highest BCUT2D eigenvalue weighted by Crippen LogP contribution is 2.38. The molecule has 0 amide bonds. The standard InChI is InChI=1S/C20H16ClN9S/c21-17-12-8-24-27-13(12)3-4-14(17)26-20-29-28-19(31-20)11-2-1-7-30-10-16(25-18(11)30)15-9-22-5-6-23-15/h3-6,8-11H,1-2,7H2,(H,24,27)(H,26,29). The van der Waals surface area contributed by atoms with Crippen LogP contribution in [0.15, 0.2) is 43.1 Å². The molecule has 0 saturated heterocycles. The average Bonchev–Trinajstić information content (AvgIpc) is 3.55. The zero-order valence-electron chi connectivity index (χ0n) is 16.2. The molecule has 154 valence electrons. The number of rotatable bonds is 4. The lowest BCUT2D eigenvalue weighted by atomic mass is 10.00. The number of hydrogen-bond donors (Lipinski definition) is 2. The summed E-state index contributed by atoms with van der Waals surface area (Å²) in [5, 5.41) is 22.2. The maximum atomic E-state index is 6.53. The van der Waals surface area contributed by atoms with Gasteiger partial charge in [0, 0.05) is 30.5 Å². The monoisotopic (exact) mass is 449 g/mol. The van der Waals surface area contributed by atoms with Crippen LogP contribution in [0.5, 0.6) is 0 Å². The Kier molecular flexibility index (Phi) is 4.39. The predicted molar refractivity (Wildman–Crippen MR) is 119 cm³/mol. The quantitative estimate of drug-likeness (QED) is 0.418. The van der Waals surface area contributed by atoms with Crippen molar-refractivity contribution in [3.63, 3.8) is 0 Å². The smallest absolute Gasteiger partial charge is 0.210 e. The first-order chi connectivity index (χ1) is 15.3. The van der Waals surface area contributed by atoms with E-state index in [0.29, 0.717) is 10.2 Å². The van der Waals surface area contributed by atoms with Gasteiger partial charge in [-0.05, 0) is 25.0 Å². The van der Waals surface area contributed by atoms with Crippen molar-refractivity contribution in [3.05, 3.63) is 59.0 Å². The fourth-order valence-electron chi connectivity index (χ4n) is 3.89. The van der Waals surface area contributed by atoms with Crippen molar-refractivity contribution in [3.8, 4) is 11.4 Å². The molecule has 0 radical (unpaired) electrons. The minimum Gasteiger partial charge on any atom is -0.334 e. The maximum absolute atomic E-state index is 6.53. The van der Waals surface area contributed by atoms with Crippen LogP contribution in [0.25, 0.3) is 22.3 Å². The molecule has 0 fully saturated rings. The average molecular weight is 450 g/mol. The number of aromatic amines is 1. The zero-order valence-corrected chi connectivity index (χ0v) is 17.7. The zero-order chi connectivity index (χ0) is 20.8. The molecular weight excluding hydrogens is 434 g/mol. The number of halogens is 1. The first kappa shape index (κ1) is 18.4. The maximum Gasteiger partial charge on any atom is 0.210 e. The molecule has 2 N–H and O–H groups in total. The van der Waals surface area contributed by atoms with E-state index >= 15 is 0 Å². The van der Waals surface area contributed by atoms with Crippen molar-refractivity contribution in [2.24, 2.45) is 0 Å². The summed E-state index contributed by atoms with van der Waals surface area (Å²) in [5.74, 6) is 1.09. The van der Waals surface area contributed by atoms with Crippen molar-refractivity contribution in [2.45, 2.75) is 25.3 Å². The Labute approximate surface area is 185 Å². The second-order valence-corrected chi connectivity index (χ2v) is 8.68. The van der Waals surface area contributed by atoms with Crippen LogP contribution in [0.1, 0.15) is 29.6 Å². The number of H-pyrrole nitrogens is 1. The van der Waals surface area contributed by atoms with Gasteiger partial charge < -0.3 is 9.88 Å². The van der Waals surface area contributed by atoms with Crippen LogP contribution < -0.4 is 5.32 Å². The molecule has 31 heavy (non-hydrogen) atoms. The van der Waals surface area contributed by atoms with E-state index in [0.717, 1.165) is 58.2 Å². The topological polar surface area (TPSA) is 110 Å². The lowest BCUT2D eigenvalue weighted by Crippen LogP contribution is -2.16. The summed E-state index contributed by atoms with van der Waals surface area (Å²) in [4.78, 5) is 13.4. The Morgan fingerprint density at radius 1 is 1.16 bits per heavy atom. The number of anilines is 2. The van der Waals surface area contributed by atoms with E-state index in [1.807, 2.05) is 18.3 Å². The number of imidazole rings is 1. The second kappa shape index (κ2) is 7.40. The molecule has 0 aliphatic carbocycles. The van der Waals surface area contributed by atoms with Crippen LogP contribution in [0.2, 0.25) is 5.02 Å². The van der Waals surface area contributed by atoms with Crippen molar-refractivity contribution >= 4 is 44.7 Å². The minimum absolute atomic E-state index is 0.0963. The Hall–Kier alpha value is -3.37. The Morgan fingerprint density at radius 3 is 3.03 bits per heavy atom. The highest BCUT2D eigenvalue weighted by atomic mass is 35.5. The van der Waals surface area contributed by atoms with E-state index in [9.17, 15) is 0 Å². The third-order valence-corrected chi connectivity index (χ3v) is 6.73. The van der Waals surface area contributed by atoms with Gasteiger partial charge in [-0.3, -0.25) is 15.1 Å². The van der Waals surface area contributed by atoms with E-state index < -0.39 is 0 Å². The van der Waals surface area contributed by atoms with E-state index in [1.165, 1.54) is 11.3 Å². The van der Waals surface area contributed by atoms with Crippen LogP contribution in [0.4, 0.5) is 10.8 Å². The van der Waals surface area contributed by atoms with Crippen LogP contribution in [0.3, 0.4) is 0 Å². The summed E-state index contributed by atoms with van der Waals surface area (Å²) in [5.41, 5.74) is 3.26. The largest absolute Gasteiger partial charge is 0.334 e. The number of nitrogens with zero attached hydrogens (tertiary/aromatic N) is 7. The van der Waals surface area contributed by atoms with Crippen LogP contribution in [-0.4, -0.2) is 39.9 Å². The summed E-state index contributed by atoms with van der Waals surface area (Å²) < 4.78 is 2.19. The molecule has 0 bridgehead atoms. The molecule has 1 unspecified atom stereocenters. The molecule has 0 spiro atoms. The number of hydrogen-bond acceptors (Lipinski definition) is 8. The Morgan fingerprint density at radius 2 is 2.13 bits per heavy atom. The molecule has 11 heteroatoms. The number of aromatic nitrogens is 8. The minimum atomic E-state index is 0.0963. The van der Waals surface area contributed by atoms with Crippen molar-refractivity contribution in [2.75, 3.05) is 5.32 Å². The van der Waals surface area contributed by atoms with E-state index in [2.05, 4.69) is 40.2 Å². The van der Waals surface area contributed by atoms with Gasteiger partial charge >= 0.3 is 0 Å². The number of aryl methyl sites for hydroxylation is 1. The van der Waals surface area contributed by atoms with Crippen LogP contribution >= 0.6 is 22.9 Å². The molecule has 9 nitrogen and oxygen atoms in total. The Bertz CT molecular complexity index is 1370. The van der Waals surface area contributed by atoms with Gasteiger partial charge in [-0.1, -0.05) is 22.9 Å². The number of fused-ring (bicyclic) bond motifs is 2. The van der Waals surface area contributed by atoms with Crippen LogP contribution in [0, 0.1) is 0 Å². The summed E-state index contributed by atoms with van der Waals surface area (Å²) >= 11 is 8.05. The Balaban J connectivity index is 1.30. The summed E-state index contributed by atoms with van der Waals surface area (Å²) in [6.07, 6.45) is 10.9. The first-order valence-corrected chi connectivity index (χ1v) is 11.0. The highest BCUT2D eigenvalue weighted by Gasteiger charge is 2.28.